The van der Waals surface area contributed by atoms with Gasteiger partial charge in [0.15, 0.2) is 0 Å². The second-order valence-electron chi connectivity index (χ2n) is 6.35. The molecule has 6 heteroatoms. The highest BCUT2D eigenvalue weighted by Gasteiger charge is 2.20. The fraction of sp³-hybridized carbons (Fsp3) is 0.300. The van der Waals surface area contributed by atoms with Crippen molar-refractivity contribution in [2.75, 3.05) is 6.61 Å². The maximum Gasteiger partial charge on any atom is 0.124 e. The fourth-order valence-corrected chi connectivity index (χ4v) is 3.96. The van der Waals surface area contributed by atoms with Gasteiger partial charge in [-0.2, -0.15) is 0 Å². The number of imidazole rings is 1. The Morgan fingerprint density at radius 3 is 2.73 bits per heavy atom. The summed E-state index contributed by atoms with van der Waals surface area (Å²) in [5.74, 6) is 0.799. The number of aromatic nitrogens is 3. The van der Waals surface area contributed by atoms with Crippen molar-refractivity contribution in [2.45, 2.75) is 42.7 Å². The summed E-state index contributed by atoms with van der Waals surface area (Å²) in [6, 6.07) is 10.5. The molecule has 3 aromatic rings. The molecule has 0 amide bonds. The summed E-state index contributed by atoms with van der Waals surface area (Å²) in [5.41, 5.74) is 2.02. The van der Waals surface area contributed by atoms with Crippen LogP contribution in [0.4, 0.5) is 4.39 Å². The molecule has 0 radical (unpaired) electrons. The second-order valence-corrected chi connectivity index (χ2v) is 7.42. The highest BCUT2D eigenvalue weighted by Crippen LogP contribution is 2.35. The molecule has 1 N–H and O–H groups in total. The summed E-state index contributed by atoms with van der Waals surface area (Å²) in [6.07, 6.45) is 4.05. The summed E-state index contributed by atoms with van der Waals surface area (Å²) in [6.45, 7) is 4.83. The van der Waals surface area contributed by atoms with E-state index in [1.54, 1.807) is 12.3 Å². The summed E-state index contributed by atoms with van der Waals surface area (Å²) in [5, 5.41) is 10.4. The van der Waals surface area contributed by atoms with Crippen molar-refractivity contribution in [1.82, 2.24) is 14.5 Å². The fourth-order valence-electron chi connectivity index (χ4n) is 2.76. The van der Waals surface area contributed by atoms with E-state index in [1.165, 1.54) is 23.9 Å². The number of rotatable bonds is 7. The molecule has 2 heterocycles. The summed E-state index contributed by atoms with van der Waals surface area (Å²) in [4.78, 5) is 9.79. The minimum absolute atomic E-state index is 0.0334. The zero-order chi connectivity index (χ0) is 18.5. The Morgan fingerprint density at radius 1 is 1.23 bits per heavy atom. The van der Waals surface area contributed by atoms with Gasteiger partial charge in [0.25, 0.3) is 0 Å². The monoisotopic (exact) mass is 371 g/mol. The Hall–Kier alpha value is -2.18. The predicted molar refractivity (Wildman–Crippen MR) is 101 cm³/mol. The first kappa shape index (κ1) is 18.6. The number of hydrogen-bond donors (Lipinski definition) is 1. The molecule has 0 aliphatic carbocycles. The number of nitrogens with zero attached hydrogens (tertiary/aromatic N) is 3. The number of halogens is 1. The SMILES string of the molecule is CC(C)c1nc(CCO)n(Cc2cccnc2)c1Sc1cccc(F)c1. The number of aliphatic hydroxyl groups is 1. The van der Waals surface area contributed by atoms with Crippen molar-refractivity contribution >= 4 is 11.8 Å². The van der Waals surface area contributed by atoms with Gasteiger partial charge in [0, 0.05) is 23.7 Å². The molecule has 2 aromatic heterocycles. The molecule has 0 aliphatic rings. The normalized spacial score (nSPS) is 11.3. The average Bonchev–Trinajstić information content (AvgIpc) is 2.94. The minimum Gasteiger partial charge on any atom is -0.396 e. The van der Waals surface area contributed by atoms with E-state index in [2.05, 4.69) is 23.4 Å². The van der Waals surface area contributed by atoms with E-state index in [4.69, 9.17) is 4.98 Å². The van der Waals surface area contributed by atoms with E-state index in [1.807, 2.05) is 24.4 Å². The van der Waals surface area contributed by atoms with E-state index in [9.17, 15) is 9.50 Å². The standard InChI is InChI=1S/C20H22FN3OS/c1-14(2)19-20(26-17-7-3-6-16(21)11-17)24(18(23-19)8-10-25)13-15-5-4-9-22-12-15/h3-7,9,11-12,14,25H,8,10,13H2,1-2H3. The smallest absolute Gasteiger partial charge is 0.124 e. The molecule has 4 nitrogen and oxygen atoms in total. The quantitative estimate of drug-likeness (QED) is 0.674. The maximum absolute atomic E-state index is 13.6. The molecule has 3 rings (SSSR count). The minimum atomic E-state index is -0.255. The lowest BCUT2D eigenvalue weighted by Gasteiger charge is -2.13. The Kier molecular flexibility index (Phi) is 6.06. The highest BCUT2D eigenvalue weighted by atomic mass is 32.2. The third-order valence-corrected chi connectivity index (χ3v) is 5.09. The lowest BCUT2D eigenvalue weighted by molar-refractivity contribution is 0.294. The Labute approximate surface area is 157 Å². The molecule has 0 unspecified atom stereocenters. The van der Waals surface area contributed by atoms with Gasteiger partial charge in [0.05, 0.1) is 18.8 Å². The maximum atomic E-state index is 13.6. The van der Waals surface area contributed by atoms with Crippen molar-refractivity contribution in [2.24, 2.45) is 0 Å². The Morgan fingerprint density at radius 2 is 2.08 bits per heavy atom. The first-order valence-electron chi connectivity index (χ1n) is 8.61. The zero-order valence-corrected chi connectivity index (χ0v) is 15.7. The third-order valence-electron chi connectivity index (χ3n) is 3.98. The van der Waals surface area contributed by atoms with Crippen LogP contribution in [0.1, 0.15) is 36.8 Å². The molecule has 0 aliphatic heterocycles. The summed E-state index contributed by atoms with van der Waals surface area (Å²) in [7, 11) is 0. The van der Waals surface area contributed by atoms with Gasteiger partial charge in [-0.25, -0.2) is 9.37 Å². The van der Waals surface area contributed by atoms with Crippen LogP contribution >= 0.6 is 11.8 Å². The number of benzene rings is 1. The van der Waals surface area contributed by atoms with E-state index < -0.39 is 0 Å². The molecule has 0 bridgehead atoms. The van der Waals surface area contributed by atoms with Gasteiger partial charge in [-0.1, -0.05) is 37.7 Å². The zero-order valence-electron chi connectivity index (χ0n) is 14.9. The molecule has 0 spiro atoms. The van der Waals surface area contributed by atoms with Crippen molar-refractivity contribution < 1.29 is 9.50 Å². The summed E-state index contributed by atoms with van der Waals surface area (Å²) < 4.78 is 15.7. The molecule has 0 saturated carbocycles. The van der Waals surface area contributed by atoms with E-state index in [0.717, 1.165) is 27.0 Å². The van der Waals surface area contributed by atoms with Gasteiger partial charge >= 0.3 is 0 Å². The van der Waals surface area contributed by atoms with E-state index in [0.29, 0.717) is 13.0 Å². The predicted octanol–water partition coefficient (Wildman–Crippen LogP) is 4.27. The van der Waals surface area contributed by atoms with Gasteiger partial charge in [0.1, 0.15) is 16.7 Å². The van der Waals surface area contributed by atoms with Crippen LogP contribution in [0.5, 0.6) is 0 Å². The van der Waals surface area contributed by atoms with Crippen LogP contribution in [0, 0.1) is 5.82 Å². The van der Waals surface area contributed by atoms with Crippen LogP contribution in [0.3, 0.4) is 0 Å². The average molecular weight is 371 g/mol. The molecule has 1 aromatic carbocycles. The molecule has 26 heavy (non-hydrogen) atoms. The lowest BCUT2D eigenvalue weighted by Crippen LogP contribution is -2.08. The van der Waals surface area contributed by atoms with Crippen LogP contribution in [-0.4, -0.2) is 26.2 Å². The van der Waals surface area contributed by atoms with Crippen LogP contribution < -0.4 is 0 Å². The first-order chi connectivity index (χ1) is 12.6. The van der Waals surface area contributed by atoms with Gasteiger partial charge in [-0.05, 0) is 35.7 Å². The number of aliphatic hydroxyl groups excluding tert-OH is 1. The molecule has 0 atom stereocenters. The topological polar surface area (TPSA) is 50.9 Å². The van der Waals surface area contributed by atoms with E-state index >= 15 is 0 Å². The van der Waals surface area contributed by atoms with Crippen molar-refractivity contribution in [3.05, 3.63) is 71.7 Å². The van der Waals surface area contributed by atoms with Crippen molar-refractivity contribution in [3.8, 4) is 0 Å². The number of hydrogen-bond acceptors (Lipinski definition) is 4. The van der Waals surface area contributed by atoms with Crippen LogP contribution in [-0.2, 0) is 13.0 Å². The first-order valence-corrected chi connectivity index (χ1v) is 9.42. The molecule has 136 valence electrons. The van der Waals surface area contributed by atoms with Gasteiger partial charge < -0.3 is 9.67 Å². The Balaban J connectivity index is 2.06. The number of pyridine rings is 1. The van der Waals surface area contributed by atoms with Crippen LogP contribution in [0.15, 0.2) is 58.7 Å². The van der Waals surface area contributed by atoms with Gasteiger partial charge in [0.2, 0.25) is 0 Å². The van der Waals surface area contributed by atoms with E-state index in [-0.39, 0.29) is 18.3 Å². The third kappa shape index (κ3) is 4.31. The lowest BCUT2D eigenvalue weighted by atomic mass is 10.1. The highest BCUT2D eigenvalue weighted by molar-refractivity contribution is 7.99. The van der Waals surface area contributed by atoms with Crippen LogP contribution in [0.25, 0.3) is 0 Å². The second kappa shape index (κ2) is 8.47. The largest absolute Gasteiger partial charge is 0.396 e. The Bertz CT molecular complexity index is 865. The molecular weight excluding hydrogens is 349 g/mol. The van der Waals surface area contributed by atoms with Crippen LogP contribution in [0.2, 0.25) is 0 Å². The summed E-state index contributed by atoms with van der Waals surface area (Å²) >= 11 is 1.51. The van der Waals surface area contributed by atoms with Crippen molar-refractivity contribution in [1.29, 1.82) is 0 Å². The van der Waals surface area contributed by atoms with Gasteiger partial charge in [-0.3, -0.25) is 4.98 Å². The van der Waals surface area contributed by atoms with Gasteiger partial charge in [-0.15, -0.1) is 0 Å². The van der Waals surface area contributed by atoms with Crippen molar-refractivity contribution in [3.63, 3.8) is 0 Å². The molecule has 0 saturated heterocycles. The molecular formula is C20H22FN3OS. The molecule has 0 fully saturated rings.